The van der Waals surface area contributed by atoms with E-state index in [4.69, 9.17) is 5.53 Å². The van der Waals surface area contributed by atoms with Gasteiger partial charge in [0.2, 0.25) is 10.0 Å². The number of piperidine rings is 1. The fourth-order valence-electron chi connectivity index (χ4n) is 2.29. The summed E-state index contributed by atoms with van der Waals surface area (Å²) in [6.07, 6.45) is 1.16. The quantitative estimate of drug-likeness (QED) is 0.487. The molecule has 1 saturated heterocycles. The lowest BCUT2D eigenvalue weighted by Gasteiger charge is -2.29. The molecule has 0 unspecified atom stereocenters. The van der Waals surface area contributed by atoms with Gasteiger partial charge in [0.05, 0.1) is 4.90 Å². The highest BCUT2D eigenvalue weighted by molar-refractivity contribution is 7.89. The molecule has 108 valence electrons. The molecular weight excluding hydrogens is 276 g/mol. The first kappa shape index (κ1) is 14.8. The van der Waals surface area contributed by atoms with Crippen LogP contribution < -0.4 is 0 Å². The molecule has 0 atom stereocenters. The van der Waals surface area contributed by atoms with Gasteiger partial charge < -0.3 is 0 Å². The lowest BCUT2D eigenvalue weighted by atomic mass is 10.1. The van der Waals surface area contributed by atoms with Crippen LogP contribution >= 0.6 is 0 Å². The maximum absolute atomic E-state index is 12.5. The Morgan fingerprint density at radius 3 is 2.45 bits per heavy atom. The van der Waals surface area contributed by atoms with Crippen LogP contribution in [0.4, 0.5) is 0 Å². The molecule has 0 amide bonds. The van der Waals surface area contributed by atoms with Crippen LogP contribution in [0.15, 0.2) is 28.2 Å². The molecule has 7 heteroatoms. The van der Waals surface area contributed by atoms with Crippen molar-refractivity contribution in [2.45, 2.75) is 37.6 Å². The highest BCUT2D eigenvalue weighted by atomic mass is 32.2. The van der Waals surface area contributed by atoms with E-state index in [9.17, 15) is 8.42 Å². The normalized spacial score (nSPS) is 17.7. The standard InChI is InChI=1S/C13H18N4O2S/c1-10-3-4-13(9-11(10)2)20(18,19)17-7-5-12(6-8-17)15-16-14/h3-4,9,12H,5-8H2,1-2H3. The van der Waals surface area contributed by atoms with E-state index in [-0.39, 0.29) is 6.04 Å². The van der Waals surface area contributed by atoms with Crippen molar-refractivity contribution < 1.29 is 8.42 Å². The number of hydrogen-bond acceptors (Lipinski definition) is 3. The van der Waals surface area contributed by atoms with Crippen molar-refractivity contribution in [1.29, 1.82) is 0 Å². The van der Waals surface area contributed by atoms with Crippen molar-refractivity contribution in [3.05, 3.63) is 39.8 Å². The van der Waals surface area contributed by atoms with Crippen molar-refractivity contribution >= 4 is 10.0 Å². The Morgan fingerprint density at radius 2 is 1.90 bits per heavy atom. The highest BCUT2D eigenvalue weighted by Crippen LogP contribution is 2.23. The van der Waals surface area contributed by atoms with Crippen LogP contribution in [0, 0.1) is 13.8 Å². The third-order valence-electron chi connectivity index (χ3n) is 3.75. The van der Waals surface area contributed by atoms with Crippen LogP contribution in [0.25, 0.3) is 10.4 Å². The topological polar surface area (TPSA) is 86.1 Å². The molecule has 20 heavy (non-hydrogen) atoms. The first-order valence-corrected chi connectivity index (χ1v) is 8.01. The second-order valence-electron chi connectivity index (χ2n) is 5.09. The van der Waals surface area contributed by atoms with Gasteiger partial charge in [0.25, 0.3) is 0 Å². The van der Waals surface area contributed by atoms with Crippen LogP contribution in [0.3, 0.4) is 0 Å². The molecule has 2 rings (SSSR count). The van der Waals surface area contributed by atoms with E-state index < -0.39 is 10.0 Å². The third-order valence-corrected chi connectivity index (χ3v) is 5.65. The maximum atomic E-state index is 12.5. The molecule has 0 radical (unpaired) electrons. The molecule has 1 heterocycles. The summed E-state index contributed by atoms with van der Waals surface area (Å²) in [6.45, 7) is 4.66. The van der Waals surface area contributed by atoms with E-state index in [2.05, 4.69) is 10.0 Å². The summed E-state index contributed by atoms with van der Waals surface area (Å²) in [5.74, 6) is 0. The minimum atomic E-state index is -3.44. The van der Waals surface area contributed by atoms with Crippen LogP contribution in [0.5, 0.6) is 0 Å². The van der Waals surface area contributed by atoms with Gasteiger partial charge in [-0.15, -0.1) is 0 Å². The van der Waals surface area contributed by atoms with Gasteiger partial charge in [-0.05, 0) is 55.5 Å². The Labute approximate surface area is 119 Å². The summed E-state index contributed by atoms with van der Waals surface area (Å²) in [5.41, 5.74) is 10.4. The van der Waals surface area contributed by atoms with Crippen LogP contribution in [-0.2, 0) is 10.0 Å². The summed E-state index contributed by atoms with van der Waals surface area (Å²) in [6, 6.07) is 5.10. The molecule has 0 spiro atoms. The van der Waals surface area contributed by atoms with Crippen LogP contribution in [0.2, 0.25) is 0 Å². The van der Waals surface area contributed by atoms with E-state index in [0.29, 0.717) is 30.8 Å². The monoisotopic (exact) mass is 294 g/mol. The van der Waals surface area contributed by atoms with E-state index in [0.717, 1.165) is 11.1 Å². The smallest absolute Gasteiger partial charge is 0.207 e. The van der Waals surface area contributed by atoms with Crippen molar-refractivity contribution in [2.75, 3.05) is 13.1 Å². The summed E-state index contributed by atoms with van der Waals surface area (Å²) < 4.78 is 26.5. The molecular formula is C13H18N4O2S. The van der Waals surface area contributed by atoms with Crippen molar-refractivity contribution in [3.8, 4) is 0 Å². The van der Waals surface area contributed by atoms with Gasteiger partial charge in [-0.3, -0.25) is 0 Å². The van der Waals surface area contributed by atoms with Crippen molar-refractivity contribution in [2.24, 2.45) is 5.11 Å². The number of azide groups is 1. The number of benzene rings is 1. The first-order chi connectivity index (χ1) is 9.45. The lowest BCUT2D eigenvalue weighted by molar-refractivity contribution is 0.319. The Kier molecular flexibility index (Phi) is 4.32. The SMILES string of the molecule is Cc1ccc(S(=O)(=O)N2CCC(N=[N+]=[N-])CC2)cc1C. The summed E-state index contributed by atoms with van der Waals surface area (Å²) in [5, 5.41) is 3.66. The Morgan fingerprint density at radius 1 is 1.25 bits per heavy atom. The second kappa shape index (κ2) is 5.83. The molecule has 0 bridgehead atoms. The Hall–Kier alpha value is -1.56. The average molecular weight is 294 g/mol. The van der Waals surface area contributed by atoms with E-state index in [1.54, 1.807) is 12.1 Å². The number of rotatable bonds is 3. The summed E-state index contributed by atoms with van der Waals surface area (Å²) in [4.78, 5) is 3.12. The van der Waals surface area contributed by atoms with Crippen molar-refractivity contribution in [3.63, 3.8) is 0 Å². The molecule has 0 saturated carbocycles. The van der Waals surface area contributed by atoms with Crippen molar-refractivity contribution in [1.82, 2.24) is 4.31 Å². The summed E-state index contributed by atoms with van der Waals surface area (Å²) in [7, 11) is -3.44. The molecule has 0 aromatic heterocycles. The molecule has 1 aromatic rings. The molecule has 6 nitrogen and oxygen atoms in total. The predicted molar refractivity (Wildman–Crippen MR) is 76.8 cm³/mol. The number of aryl methyl sites for hydroxylation is 2. The predicted octanol–water partition coefficient (Wildman–Crippen LogP) is 2.77. The van der Waals surface area contributed by atoms with Crippen LogP contribution in [0.1, 0.15) is 24.0 Å². The molecule has 0 aliphatic carbocycles. The zero-order chi connectivity index (χ0) is 14.8. The Bertz CT molecular complexity index is 642. The van der Waals surface area contributed by atoms with Gasteiger partial charge in [0.15, 0.2) is 0 Å². The largest absolute Gasteiger partial charge is 0.243 e. The van der Waals surface area contributed by atoms with E-state index in [1.807, 2.05) is 19.9 Å². The molecule has 1 aliphatic rings. The lowest BCUT2D eigenvalue weighted by Crippen LogP contribution is -2.39. The fourth-order valence-corrected chi connectivity index (χ4v) is 3.85. The van der Waals surface area contributed by atoms with Gasteiger partial charge in [-0.2, -0.15) is 4.31 Å². The molecule has 0 N–H and O–H groups in total. The molecule has 1 fully saturated rings. The fraction of sp³-hybridized carbons (Fsp3) is 0.538. The minimum absolute atomic E-state index is 0.0915. The van der Waals surface area contributed by atoms with Crippen LogP contribution in [-0.4, -0.2) is 31.9 Å². The third kappa shape index (κ3) is 2.95. The van der Waals surface area contributed by atoms with E-state index in [1.165, 1.54) is 4.31 Å². The number of nitrogens with zero attached hydrogens (tertiary/aromatic N) is 4. The van der Waals surface area contributed by atoms with Gasteiger partial charge in [-0.25, -0.2) is 8.42 Å². The van der Waals surface area contributed by atoms with Gasteiger partial charge in [0.1, 0.15) is 0 Å². The zero-order valence-corrected chi connectivity index (χ0v) is 12.5. The second-order valence-corrected chi connectivity index (χ2v) is 7.02. The molecule has 1 aromatic carbocycles. The average Bonchev–Trinajstić information content (AvgIpc) is 2.43. The highest BCUT2D eigenvalue weighted by Gasteiger charge is 2.29. The first-order valence-electron chi connectivity index (χ1n) is 6.57. The Balaban J connectivity index is 2.19. The van der Waals surface area contributed by atoms with E-state index >= 15 is 0 Å². The summed E-state index contributed by atoms with van der Waals surface area (Å²) >= 11 is 0. The minimum Gasteiger partial charge on any atom is -0.207 e. The number of hydrogen-bond donors (Lipinski definition) is 0. The number of sulfonamides is 1. The van der Waals surface area contributed by atoms with Gasteiger partial charge >= 0.3 is 0 Å². The van der Waals surface area contributed by atoms with Gasteiger partial charge in [-0.1, -0.05) is 11.2 Å². The zero-order valence-electron chi connectivity index (χ0n) is 11.7. The van der Waals surface area contributed by atoms with Gasteiger partial charge in [0, 0.05) is 24.0 Å². The molecule has 1 aliphatic heterocycles. The maximum Gasteiger partial charge on any atom is 0.243 e.